The molecule has 4 heavy (non-hydrogen) atoms. The molecule has 0 aliphatic heterocycles. The quantitative estimate of drug-likeness (QED) is 0.433. The average molecular weight is 97.0 g/mol. The molecule has 0 aliphatic rings. The lowest BCUT2D eigenvalue weighted by Gasteiger charge is -0.873. The van der Waals surface area contributed by atoms with Gasteiger partial charge in [-0.15, -0.1) is 0 Å². The standard InChI is InChI=1S/2H2NP/c2*1-2/h2*1-2H/i/hTD. The van der Waals surface area contributed by atoms with Gasteiger partial charge in [0.25, 0.3) is 0 Å². The summed E-state index contributed by atoms with van der Waals surface area (Å²) in [4.78, 5) is 0. The van der Waals surface area contributed by atoms with Gasteiger partial charge in [0.2, 0.25) is 0 Å². The summed E-state index contributed by atoms with van der Waals surface area (Å²) >= 11 is 0. The van der Waals surface area contributed by atoms with Crippen LogP contribution in [0.3, 0.4) is 0 Å². The minimum atomic E-state index is 2.48. The lowest BCUT2D eigenvalue weighted by molar-refractivity contribution is 1.66. The highest BCUT2D eigenvalue weighted by Gasteiger charge is 0.569. The summed E-state index contributed by atoms with van der Waals surface area (Å²) in [7, 11) is 4.95. The van der Waals surface area contributed by atoms with Crippen LogP contribution in [0.15, 0.2) is 0 Å². The molecule has 0 rings (SSSR count). The predicted molar refractivity (Wildman–Crippen MR) is 22.1 cm³/mol. The zero-order valence-corrected chi connectivity index (χ0v) is 3.89. The largest absolute Gasteiger partial charge is 0.287 e. The number of nitrogens with one attached hydrogen (secondary N) is 2. The fourth-order valence-corrected chi connectivity index (χ4v) is 0. The Kier molecular flexibility index (Phi) is 236. The van der Waals surface area contributed by atoms with Gasteiger partial charge in [0.05, 0.1) is 0 Å². The maximum atomic E-state index is 5.75. The van der Waals surface area contributed by atoms with Gasteiger partial charge in [0.1, 0.15) is 0 Å². The molecule has 2 nitrogen and oxygen atoms in total. The third kappa shape index (κ3) is 79.2. The Morgan fingerprint density at radius 3 is 2.25 bits per heavy atom. The van der Waals surface area contributed by atoms with Crippen LogP contribution < -0.4 is 0 Å². The van der Waals surface area contributed by atoms with Crippen molar-refractivity contribution in [3.8, 4) is 0 Å². The van der Waals surface area contributed by atoms with Gasteiger partial charge in [0, 0.05) is 0 Å². The molecule has 0 amide bonds. The normalized spacial score (nSPS) is 7.00. The van der Waals surface area contributed by atoms with Gasteiger partial charge in [-0.05, 0) is 18.1 Å². The van der Waals surface area contributed by atoms with Crippen molar-refractivity contribution in [1.29, 1.82) is 10.3 Å². The topological polar surface area (TPSA) is 47.7 Å². The fourth-order valence-electron chi connectivity index (χ4n) is 0. The monoisotopic (exact) mass is 97.0 g/mol. The summed E-state index contributed by atoms with van der Waals surface area (Å²) in [5.41, 5.74) is 0. The van der Waals surface area contributed by atoms with Crippen LogP contribution in [-0.2, 0) is 0 Å². The van der Waals surface area contributed by atoms with Gasteiger partial charge >= 0.3 is 0 Å². The summed E-state index contributed by atoms with van der Waals surface area (Å²) in [5, 5.41) is 5.11. The maximum absolute atomic E-state index is 5.75. The highest BCUT2D eigenvalue weighted by atomic mass is 31.0. The summed E-state index contributed by atoms with van der Waals surface area (Å²) in [6.07, 6.45) is 0. The summed E-state index contributed by atoms with van der Waals surface area (Å²) in [6.45, 7) is 0. The minimum absolute atomic E-state index is 2.48. The van der Waals surface area contributed by atoms with Crippen LogP contribution in [0.25, 0.3) is 0 Å². The van der Waals surface area contributed by atoms with Crippen LogP contribution in [0.1, 0.15) is 0 Å². The van der Waals surface area contributed by atoms with E-state index in [-0.39, 0.29) is 0 Å². The van der Waals surface area contributed by atoms with E-state index in [0.717, 1.165) is 0 Å². The molecule has 0 fully saturated rings. The van der Waals surface area contributed by atoms with Crippen LogP contribution in [-0.4, -0.2) is 0 Å². The average Bonchev–Trinajstić information content (AvgIpc) is 1.39. The fraction of sp³-hybridized carbons (Fsp3) is 0. The third-order valence-corrected chi connectivity index (χ3v) is 0. The molecular weight excluding hydrogens is 90.0 g/mol. The Labute approximate surface area is 32.4 Å². The lowest BCUT2D eigenvalue weighted by Crippen LogP contribution is -0.334. The van der Waals surface area contributed by atoms with Crippen molar-refractivity contribution in [3.63, 3.8) is 0 Å². The van der Waals surface area contributed by atoms with E-state index >= 15 is 0 Å². The summed E-state index contributed by atoms with van der Waals surface area (Å²) in [5.74, 6) is 0. The smallest absolute Gasteiger partial charge is 0.192 e. The molecule has 2 N–H and O–H groups in total. The van der Waals surface area contributed by atoms with Gasteiger partial charge in [0.15, 0.2) is 2.82 Å². The van der Waals surface area contributed by atoms with E-state index in [1.54, 1.807) is 0 Å². The molecule has 0 unspecified atom stereocenters. The second kappa shape index (κ2) is 387. The third-order valence-electron chi connectivity index (χ3n) is 0. The Balaban J connectivity index is 0. The van der Waals surface area contributed by atoms with Gasteiger partial charge in [-0.2, -0.15) is 0 Å². The van der Waals surface area contributed by atoms with Crippen molar-refractivity contribution in [2.24, 2.45) is 0 Å². The Morgan fingerprint density at radius 1 is 2.25 bits per heavy atom. The van der Waals surface area contributed by atoms with Crippen molar-refractivity contribution >= 4 is 18.1 Å². The maximum Gasteiger partial charge on any atom is 0.192 e. The van der Waals surface area contributed by atoms with Crippen molar-refractivity contribution < 1.29 is 2.82 Å². The SMILES string of the molecule is [2H]N=P.[3H]N=P. The molecule has 0 aromatic carbocycles. The molecule has 0 bridgehead atoms. The van der Waals surface area contributed by atoms with Gasteiger partial charge in [-0.3, -0.25) is 10.3 Å². The molecule has 0 saturated heterocycles. The van der Waals surface area contributed by atoms with E-state index in [1.807, 2.05) is 0 Å². The van der Waals surface area contributed by atoms with Gasteiger partial charge < -0.3 is 0 Å². The first kappa shape index (κ1) is 2.44. The van der Waals surface area contributed by atoms with Crippen molar-refractivity contribution in [2.75, 3.05) is 0 Å². The van der Waals surface area contributed by atoms with Crippen LogP contribution >= 0.6 is 18.1 Å². The summed E-state index contributed by atoms with van der Waals surface area (Å²) in [6, 6.07) is 0. The van der Waals surface area contributed by atoms with Crippen molar-refractivity contribution in [3.05, 3.63) is 0 Å². The van der Waals surface area contributed by atoms with E-state index in [4.69, 9.17) is 2.82 Å². The molecule has 0 heterocycles. The second-order valence-electron chi connectivity index (χ2n) is 0. The molecule has 0 aromatic rings. The number of hydrogen-bond donors (Lipinski definition) is 2. The molecule has 0 radical (unpaired) electrons. The van der Waals surface area contributed by atoms with Crippen LogP contribution in [0.4, 0.5) is 0 Å². The molecule has 0 atom stereocenters. The van der Waals surface area contributed by atoms with E-state index in [1.165, 1.54) is 0 Å². The van der Waals surface area contributed by atoms with Crippen molar-refractivity contribution in [1.82, 2.24) is 0 Å². The zero-order valence-electron chi connectivity index (χ0n) is 3.89. The first-order valence-corrected chi connectivity index (χ1v) is 1.34. The molecule has 0 aromatic heterocycles. The Hall–Kier alpha value is 0.200. The van der Waals surface area contributed by atoms with E-state index < -0.39 is 0 Å². The van der Waals surface area contributed by atoms with Gasteiger partial charge in [-0.25, -0.2) is 0 Å². The second-order valence-corrected chi connectivity index (χ2v) is 0. The van der Waals surface area contributed by atoms with Crippen LogP contribution in [0, 0.1) is 10.3 Å². The van der Waals surface area contributed by atoms with E-state index in [9.17, 15) is 0 Å². The lowest BCUT2D eigenvalue weighted by atomic mass is 14.0. The molecule has 4 heteroatoms. The zero-order chi connectivity index (χ0) is 5.41. The number of rotatable bonds is 0. The minimum Gasteiger partial charge on any atom is -0.287 e. The van der Waals surface area contributed by atoms with Gasteiger partial charge in [-0.1, -0.05) is 0 Å². The number of hydrogen-bond acceptors (Lipinski definition) is 2. The Morgan fingerprint density at radius 2 is 2.25 bits per heavy atom. The summed E-state index contributed by atoms with van der Waals surface area (Å²) < 4.78 is 11.5. The molecular formula is H4N2P2. The first-order chi connectivity index (χ1) is 2.83. The molecule has 0 aliphatic carbocycles. The highest BCUT2D eigenvalue weighted by molar-refractivity contribution is 7.02. The van der Waals surface area contributed by atoms with E-state index in [2.05, 4.69) is 28.4 Å². The predicted octanol–water partition coefficient (Wildman–Crippen LogP) is 1.78. The Bertz CT molecular complexity index is 30.5. The first-order valence-electron chi connectivity index (χ1n) is 1.34. The van der Waals surface area contributed by atoms with E-state index in [0.29, 0.717) is 0 Å². The highest BCUT2D eigenvalue weighted by Crippen LogP contribution is 1.28. The van der Waals surface area contributed by atoms with Crippen molar-refractivity contribution in [2.45, 2.75) is 0 Å². The molecule has 0 saturated carbocycles. The van der Waals surface area contributed by atoms with Crippen LogP contribution in [0.2, 0.25) is 2.82 Å². The van der Waals surface area contributed by atoms with Crippen LogP contribution in [0.5, 0.6) is 0 Å². The molecule has 0 spiro atoms. The molecule has 24 valence electrons.